The quantitative estimate of drug-likeness (QED) is 0.753. The van der Waals surface area contributed by atoms with Crippen molar-refractivity contribution in [2.45, 2.75) is 46.6 Å². The molecule has 92 valence electrons. The lowest BCUT2D eigenvalue weighted by molar-refractivity contribution is -0.133. The van der Waals surface area contributed by atoms with Crippen LogP contribution in [0.25, 0.3) is 0 Å². The van der Waals surface area contributed by atoms with Gasteiger partial charge in [0.25, 0.3) is 0 Å². The van der Waals surface area contributed by atoms with Gasteiger partial charge in [0.1, 0.15) is 6.04 Å². The molecule has 1 fully saturated rings. The molecule has 1 rings (SSSR count). The fourth-order valence-electron chi connectivity index (χ4n) is 1.20. The van der Waals surface area contributed by atoms with Crippen molar-refractivity contribution < 1.29 is 9.59 Å². The summed E-state index contributed by atoms with van der Waals surface area (Å²) < 4.78 is 0. The summed E-state index contributed by atoms with van der Waals surface area (Å²) in [4.78, 5) is 23.3. The maximum Gasteiger partial charge on any atom is 0.242 e. The number of hydrogen-bond donors (Lipinski definition) is 2. The summed E-state index contributed by atoms with van der Waals surface area (Å²) in [5.74, 6) is 0.473. The smallest absolute Gasteiger partial charge is 0.242 e. The van der Waals surface area contributed by atoms with Gasteiger partial charge in [-0.15, -0.1) is 0 Å². The van der Waals surface area contributed by atoms with E-state index in [2.05, 4.69) is 10.6 Å². The average molecular weight is 226 g/mol. The second-order valence-corrected chi connectivity index (χ2v) is 5.63. The van der Waals surface area contributed by atoms with Crippen molar-refractivity contribution in [3.63, 3.8) is 0 Å². The Kier molecular flexibility index (Phi) is 3.94. The SMILES string of the molecule is C[C@H](NC(=O)C(C)(C)C)C(=O)NCC1CC1. The number of carbonyl (C=O) groups excluding carboxylic acids is 2. The van der Waals surface area contributed by atoms with Crippen LogP contribution in [0.15, 0.2) is 0 Å². The first-order valence-corrected chi connectivity index (χ1v) is 5.89. The highest BCUT2D eigenvalue weighted by molar-refractivity contribution is 5.89. The van der Waals surface area contributed by atoms with Crippen LogP contribution in [0.3, 0.4) is 0 Å². The molecule has 1 aliphatic carbocycles. The van der Waals surface area contributed by atoms with Crippen LogP contribution in [0.4, 0.5) is 0 Å². The topological polar surface area (TPSA) is 58.2 Å². The van der Waals surface area contributed by atoms with Crippen LogP contribution in [0.5, 0.6) is 0 Å². The third-order valence-electron chi connectivity index (χ3n) is 2.68. The Morgan fingerprint density at radius 1 is 1.31 bits per heavy atom. The molecule has 0 heterocycles. The minimum Gasteiger partial charge on any atom is -0.354 e. The van der Waals surface area contributed by atoms with Gasteiger partial charge >= 0.3 is 0 Å². The predicted octanol–water partition coefficient (Wildman–Crippen LogP) is 1.06. The zero-order valence-electron chi connectivity index (χ0n) is 10.6. The van der Waals surface area contributed by atoms with Crippen molar-refractivity contribution in [1.29, 1.82) is 0 Å². The van der Waals surface area contributed by atoms with E-state index >= 15 is 0 Å². The highest BCUT2D eigenvalue weighted by atomic mass is 16.2. The van der Waals surface area contributed by atoms with Gasteiger partial charge in [-0.1, -0.05) is 20.8 Å². The van der Waals surface area contributed by atoms with Gasteiger partial charge in [-0.25, -0.2) is 0 Å². The fraction of sp³-hybridized carbons (Fsp3) is 0.833. The largest absolute Gasteiger partial charge is 0.354 e. The molecule has 0 aromatic carbocycles. The van der Waals surface area contributed by atoms with Gasteiger partial charge in [-0.3, -0.25) is 9.59 Å². The van der Waals surface area contributed by atoms with E-state index in [4.69, 9.17) is 0 Å². The molecule has 0 saturated heterocycles. The molecule has 0 aliphatic heterocycles. The van der Waals surface area contributed by atoms with Gasteiger partial charge in [-0.2, -0.15) is 0 Å². The molecule has 0 spiro atoms. The second-order valence-electron chi connectivity index (χ2n) is 5.63. The molecule has 4 heteroatoms. The monoisotopic (exact) mass is 226 g/mol. The molecule has 0 radical (unpaired) electrons. The maximum atomic E-state index is 11.6. The van der Waals surface area contributed by atoms with Crippen LogP contribution in [0.1, 0.15) is 40.5 Å². The predicted molar refractivity (Wildman–Crippen MR) is 62.8 cm³/mol. The summed E-state index contributed by atoms with van der Waals surface area (Å²) in [7, 11) is 0. The van der Waals surface area contributed by atoms with E-state index in [9.17, 15) is 9.59 Å². The van der Waals surface area contributed by atoms with Crippen molar-refractivity contribution in [2.75, 3.05) is 6.54 Å². The van der Waals surface area contributed by atoms with Crippen molar-refractivity contribution in [3.8, 4) is 0 Å². The van der Waals surface area contributed by atoms with Crippen LogP contribution >= 0.6 is 0 Å². The van der Waals surface area contributed by atoms with Gasteiger partial charge in [-0.05, 0) is 25.7 Å². The summed E-state index contributed by atoms with van der Waals surface area (Å²) in [6.45, 7) is 7.95. The summed E-state index contributed by atoms with van der Waals surface area (Å²) in [6.07, 6.45) is 2.42. The minimum absolute atomic E-state index is 0.0931. The third-order valence-corrected chi connectivity index (χ3v) is 2.68. The number of rotatable bonds is 4. The highest BCUT2D eigenvalue weighted by Crippen LogP contribution is 2.27. The lowest BCUT2D eigenvalue weighted by Gasteiger charge is -2.21. The Morgan fingerprint density at radius 3 is 2.31 bits per heavy atom. The second kappa shape index (κ2) is 4.85. The molecule has 1 saturated carbocycles. The fourth-order valence-corrected chi connectivity index (χ4v) is 1.20. The van der Waals surface area contributed by atoms with Crippen LogP contribution in [-0.2, 0) is 9.59 Å². The standard InChI is InChI=1S/C12H22N2O2/c1-8(14-11(16)12(2,3)4)10(15)13-7-9-5-6-9/h8-9H,5-7H2,1-4H3,(H,13,15)(H,14,16)/t8-/m0/s1. The zero-order valence-corrected chi connectivity index (χ0v) is 10.6. The van der Waals surface area contributed by atoms with Gasteiger partial charge in [0, 0.05) is 12.0 Å². The molecular formula is C12H22N2O2. The molecule has 16 heavy (non-hydrogen) atoms. The van der Waals surface area contributed by atoms with E-state index in [0.717, 1.165) is 6.54 Å². The highest BCUT2D eigenvalue weighted by Gasteiger charge is 2.26. The Balaban J connectivity index is 2.29. The first-order chi connectivity index (χ1) is 7.30. The van der Waals surface area contributed by atoms with E-state index in [1.807, 2.05) is 20.8 Å². The third kappa shape index (κ3) is 4.21. The van der Waals surface area contributed by atoms with E-state index in [0.29, 0.717) is 5.92 Å². The van der Waals surface area contributed by atoms with Gasteiger partial charge in [0.2, 0.25) is 11.8 Å². The van der Waals surface area contributed by atoms with E-state index in [1.54, 1.807) is 6.92 Å². The van der Waals surface area contributed by atoms with Gasteiger partial charge in [0.15, 0.2) is 0 Å². The van der Waals surface area contributed by atoms with E-state index in [-0.39, 0.29) is 11.8 Å². The zero-order chi connectivity index (χ0) is 12.3. The Hall–Kier alpha value is -1.06. The van der Waals surface area contributed by atoms with Crippen molar-refractivity contribution >= 4 is 11.8 Å². The molecule has 0 aromatic rings. The molecule has 1 atom stereocenters. The molecule has 2 N–H and O–H groups in total. The van der Waals surface area contributed by atoms with E-state index in [1.165, 1.54) is 12.8 Å². The molecule has 1 aliphatic rings. The Morgan fingerprint density at radius 2 is 1.88 bits per heavy atom. The lowest BCUT2D eigenvalue weighted by atomic mass is 9.95. The van der Waals surface area contributed by atoms with Crippen LogP contribution in [-0.4, -0.2) is 24.4 Å². The van der Waals surface area contributed by atoms with E-state index < -0.39 is 11.5 Å². The van der Waals surface area contributed by atoms with Gasteiger partial charge < -0.3 is 10.6 Å². The van der Waals surface area contributed by atoms with Crippen molar-refractivity contribution in [2.24, 2.45) is 11.3 Å². The number of amides is 2. The van der Waals surface area contributed by atoms with Crippen molar-refractivity contribution in [1.82, 2.24) is 10.6 Å². The first kappa shape index (κ1) is 13.0. The molecule has 0 bridgehead atoms. The molecule has 4 nitrogen and oxygen atoms in total. The van der Waals surface area contributed by atoms with Crippen molar-refractivity contribution in [3.05, 3.63) is 0 Å². The summed E-state index contributed by atoms with van der Waals surface area (Å²) in [5.41, 5.74) is -0.453. The number of hydrogen-bond acceptors (Lipinski definition) is 2. The summed E-state index contributed by atoms with van der Waals surface area (Å²) in [6, 6.07) is -0.453. The maximum absolute atomic E-state index is 11.6. The molecule has 0 unspecified atom stereocenters. The number of nitrogens with one attached hydrogen (secondary N) is 2. The Bertz CT molecular complexity index is 277. The van der Waals surface area contributed by atoms with Crippen LogP contribution < -0.4 is 10.6 Å². The normalized spacial score (nSPS) is 17.8. The molecule has 2 amide bonds. The average Bonchev–Trinajstić information content (AvgIpc) is 2.95. The van der Waals surface area contributed by atoms with Crippen LogP contribution in [0.2, 0.25) is 0 Å². The lowest BCUT2D eigenvalue weighted by Crippen LogP contribution is -2.48. The Labute approximate surface area is 97.2 Å². The minimum atomic E-state index is -0.453. The summed E-state index contributed by atoms with van der Waals surface area (Å²) >= 11 is 0. The molecular weight excluding hydrogens is 204 g/mol. The molecule has 0 aromatic heterocycles. The summed E-state index contributed by atoms with van der Waals surface area (Å²) in [5, 5.41) is 5.56. The number of carbonyl (C=O) groups is 2. The first-order valence-electron chi connectivity index (χ1n) is 5.89. The van der Waals surface area contributed by atoms with Gasteiger partial charge in [0.05, 0.1) is 0 Å². The van der Waals surface area contributed by atoms with Crippen LogP contribution in [0, 0.1) is 11.3 Å².